The number of rotatable bonds is 5. The van der Waals surface area contributed by atoms with Gasteiger partial charge in [0.15, 0.2) is 11.6 Å². The third-order valence-corrected chi connectivity index (χ3v) is 4.04. The highest BCUT2D eigenvalue weighted by atomic mass is 32.2. The molecule has 1 saturated heterocycles. The van der Waals surface area contributed by atoms with Crippen LogP contribution in [0, 0.1) is 17.6 Å². The van der Waals surface area contributed by atoms with Crippen LogP contribution in [-0.2, 0) is 4.79 Å². The molecule has 2 rings (SSSR count). The summed E-state index contributed by atoms with van der Waals surface area (Å²) < 4.78 is 25.7. The third-order valence-electron chi connectivity index (χ3n) is 3.04. The summed E-state index contributed by atoms with van der Waals surface area (Å²) in [6, 6.07) is 3.72. The Morgan fingerprint density at radius 3 is 2.74 bits per heavy atom. The topological polar surface area (TPSA) is 40.5 Å². The smallest absolute Gasteiger partial charge is 0.223 e. The minimum Gasteiger partial charge on any atom is -0.396 e. The van der Waals surface area contributed by atoms with Crippen LogP contribution < -0.4 is 0 Å². The van der Waals surface area contributed by atoms with E-state index in [1.807, 2.05) is 0 Å². The fourth-order valence-corrected chi connectivity index (χ4v) is 2.73. The molecule has 104 valence electrons. The Bertz CT molecular complexity index is 464. The van der Waals surface area contributed by atoms with Crippen LogP contribution in [0.15, 0.2) is 23.1 Å². The fraction of sp³-hybridized carbons (Fsp3) is 0.462. The highest BCUT2D eigenvalue weighted by molar-refractivity contribution is 7.99. The van der Waals surface area contributed by atoms with Gasteiger partial charge in [-0.05, 0) is 18.2 Å². The molecule has 6 heteroatoms. The van der Waals surface area contributed by atoms with Crippen molar-refractivity contribution in [1.82, 2.24) is 4.90 Å². The Balaban J connectivity index is 1.71. The van der Waals surface area contributed by atoms with Crippen molar-refractivity contribution in [3.05, 3.63) is 29.8 Å². The summed E-state index contributed by atoms with van der Waals surface area (Å²) in [6.07, 6.45) is 0.363. The first-order valence-electron chi connectivity index (χ1n) is 6.06. The fourth-order valence-electron chi connectivity index (χ4n) is 1.87. The molecule has 0 bridgehead atoms. The van der Waals surface area contributed by atoms with Crippen molar-refractivity contribution in [2.24, 2.45) is 5.92 Å². The molecular formula is C13H15F2NO2S. The molecule has 1 aromatic carbocycles. The number of aliphatic hydroxyl groups is 1. The van der Waals surface area contributed by atoms with Crippen LogP contribution in [-0.4, -0.2) is 41.4 Å². The molecule has 0 atom stereocenters. The van der Waals surface area contributed by atoms with Crippen molar-refractivity contribution in [3.63, 3.8) is 0 Å². The number of hydrogen-bond acceptors (Lipinski definition) is 3. The molecule has 1 aromatic rings. The van der Waals surface area contributed by atoms with Crippen molar-refractivity contribution in [2.75, 3.05) is 25.4 Å². The van der Waals surface area contributed by atoms with Gasteiger partial charge in [-0.3, -0.25) is 4.79 Å². The maximum atomic E-state index is 13.0. The van der Waals surface area contributed by atoms with Crippen LogP contribution in [0.3, 0.4) is 0 Å². The van der Waals surface area contributed by atoms with Crippen molar-refractivity contribution in [2.45, 2.75) is 11.3 Å². The Hall–Kier alpha value is -1.14. The van der Waals surface area contributed by atoms with Crippen LogP contribution in [0.4, 0.5) is 8.78 Å². The third kappa shape index (κ3) is 3.67. The lowest BCUT2D eigenvalue weighted by molar-refractivity contribution is -0.137. The van der Waals surface area contributed by atoms with Crippen LogP contribution in [0.1, 0.15) is 6.42 Å². The Kier molecular flexibility index (Phi) is 4.76. The molecule has 0 aliphatic carbocycles. The minimum atomic E-state index is -0.871. The largest absolute Gasteiger partial charge is 0.396 e. The van der Waals surface area contributed by atoms with E-state index in [1.165, 1.54) is 17.8 Å². The van der Waals surface area contributed by atoms with E-state index in [0.29, 0.717) is 30.2 Å². The number of likely N-dealkylation sites (tertiary alicyclic amines) is 1. The van der Waals surface area contributed by atoms with Gasteiger partial charge in [0, 0.05) is 42.7 Å². The Labute approximate surface area is 114 Å². The molecule has 0 spiro atoms. The molecule has 0 saturated carbocycles. The maximum absolute atomic E-state index is 13.0. The first kappa shape index (κ1) is 14.3. The van der Waals surface area contributed by atoms with E-state index in [-0.39, 0.29) is 18.4 Å². The number of benzene rings is 1. The first-order valence-corrected chi connectivity index (χ1v) is 7.05. The second kappa shape index (κ2) is 6.34. The molecule has 0 unspecified atom stereocenters. The van der Waals surface area contributed by atoms with Gasteiger partial charge in [-0.15, -0.1) is 11.8 Å². The van der Waals surface area contributed by atoms with Gasteiger partial charge in [0.2, 0.25) is 5.91 Å². The first-order chi connectivity index (χ1) is 9.10. The summed E-state index contributed by atoms with van der Waals surface area (Å²) in [7, 11) is 0. The monoisotopic (exact) mass is 287 g/mol. The zero-order valence-electron chi connectivity index (χ0n) is 10.3. The summed E-state index contributed by atoms with van der Waals surface area (Å²) >= 11 is 1.33. The predicted molar refractivity (Wildman–Crippen MR) is 68.9 cm³/mol. The van der Waals surface area contributed by atoms with Gasteiger partial charge < -0.3 is 10.0 Å². The van der Waals surface area contributed by atoms with E-state index in [1.54, 1.807) is 4.90 Å². The number of carbonyl (C=O) groups is 1. The van der Waals surface area contributed by atoms with Crippen LogP contribution in [0.2, 0.25) is 0 Å². The number of thioether (sulfide) groups is 1. The highest BCUT2D eigenvalue weighted by Gasteiger charge is 2.29. The summed E-state index contributed by atoms with van der Waals surface area (Å²) in [6.45, 7) is 1.35. The average molecular weight is 287 g/mol. The Morgan fingerprint density at radius 1 is 1.37 bits per heavy atom. The van der Waals surface area contributed by atoms with Crippen LogP contribution >= 0.6 is 11.8 Å². The van der Waals surface area contributed by atoms with Gasteiger partial charge >= 0.3 is 0 Å². The van der Waals surface area contributed by atoms with Gasteiger partial charge in [-0.2, -0.15) is 0 Å². The van der Waals surface area contributed by atoms with Gasteiger partial charge in [0.25, 0.3) is 0 Å². The van der Waals surface area contributed by atoms with Gasteiger partial charge in [-0.1, -0.05) is 0 Å². The molecule has 19 heavy (non-hydrogen) atoms. The van der Waals surface area contributed by atoms with E-state index >= 15 is 0 Å². The lowest BCUT2D eigenvalue weighted by Crippen LogP contribution is -2.51. The van der Waals surface area contributed by atoms with Crippen molar-refractivity contribution in [1.29, 1.82) is 0 Å². The van der Waals surface area contributed by atoms with E-state index < -0.39 is 11.6 Å². The summed E-state index contributed by atoms with van der Waals surface area (Å²) in [5, 5.41) is 8.85. The summed E-state index contributed by atoms with van der Waals surface area (Å²) in [5.74, 6) is -0.951. The number of aliphatic hydroxyl groups excluding tert-OH is 1. The molecule has 1 N–H and O–H groups in total. The predicted octanol–water partition coefficient (Wildman–Crippen LogP) is 1.90. The van der Waals surface area contributed by atoms with E-state index in [4.69, 9.17) is 5.11 Å². The highest BCUT2D eigenvalue weighted by Crippen LogP contribution is 2.22. The molecule has 0 radical (unpaired) electrons. The van der Waals surface area contributed by atoms with Crippen LogP contribution in [0.5, 0.6) is 0 Å². The van der Waals surface area contributed by atoms with Gasteiger partial charge in [0.1, 0.15) is 0 Å². The number of amides is 1. The second-order valence-corrected chi connectivity index (χ2v) is 5.69. The molecule has 1 aliphatic heterocycles. The molecule has 1 aliphatic rings. The molecular weight excluding hydrogens is 272 g/mol. The van der Waals surface area contributed by atoms with Gasteiger partial charge in [-0.25, -0.2) is 8.78 Å². The second-order valence-electron chi connectivity index (χ2n) is 4.52. The van der Waals surface area contributed by atoms with Crippen molar-refractivity contribution < 1.29 is 18.7 Å². The molecule has 1 fully saturated rings. The normalized spacial score (nSPS) is 15.4. The number of carbonyl (C=O) groups excluding carboxylic acids is 1. The van der Waals surface area contributed by atoms with Gasteiger partial charge in [0.05, 0.1) is 0 Å². The number of hydrogen-bond donors (Lipinski definition) is 1. The van der Waals surface area contributed by atoms with E-state index in [9.17, 15) is 13.6 Å². The molecule has 0 aromatic heterocycles. The quantitative estimate of drug-likeness (QED) is 0.841. The lowest BCUT2D eigenvalue weighted by atomic mass is 10.0. The van der Waals surface area contributed by atoms with E-state index in [0.717, 1.165) is 12.1 Å². The summed E-state index contributed by atoms with van der Waals surface area (Å²) in [5.41, 5.74) is 0. The zero-order chi connectivity index (χ0) is 13.8. The maximum Gasteiger partial charge on any atom is 0.223 e. The van der Waals surface area contributed by atoms with Crippen LogP contribution in [0.25, 0.3) is 0 Å². The zero-order valence-corrected chi connectivity index (χ0v) is 11.1. The number of nitrogens with zero attached hydrogens (tertiary/aromatic N) is 1. The van der Waals surface area contributed by atoms with Crippen molar-refractivity contribution >= 4 is 17.7 Å². The van der Waals surface area contributed by atoms with Crippen molar-refractivity contribution in [3.8, 4) is 0 Å². The average Bonchev–Trinajstić information content (AvgIpc) is 2.32. The molecule has 1 amide bonds. The standard InChI is InChI=1S/C13H15F2NO2S/c14-11-2-1-10(5-12(11)15)19-4-3-13(18)16-6-9(7-16)8-17/h1-2,5,9,17H,3-4,6-8H2. The minimum absolute atomic E-state index is 0.0415. The lowest BCUT2D eigenvalue weighted by Gasteiger charge is -2.38. The Morgan fingerprint density at radius 2 is 2.11 bits per heavy atom. The SMILES string of the molecule is O=C(CCSc1ccc(F)c(F)c1)N1CC(CO)C1. The molecule has 1 heterocycles. The number of halogens is 2. The summed E-state index contributed by atoms with van der Waals surface area (Å²) in [4.78, 5) is 14.0. The molecule has 3 nitrogen and oxygen atoms in total. The van der Waals surface area contributed by atoms with E-state index in [2.05, 4.69) is 0 Å².